The molecule has 2 aliphatic rings. The summed E-state index contributed by atoms with van der Waals surface area (Å²) in [7, 11) is 1.61. The van der Waals surface area contributed by atoms with E-state index in [4.69, 9.17) is 4.74 Å². The van der Waals surface area contributed by atoms with E-state index in [2.05, 4.69) is 12.1 Å². The van der Waals surface area contributed by atoms with Gasteiger partial charge in [0.2, 0.25) is 5.91 Å². The van der Waals surface area contributed by atoms with Crippen LogP contribution >= 0.6 is 11.8 Å². The average molecular weight is 382 g/mol. The number of fused-ring (bicyclic) bond motifs is 1. The number of rotatable bonds is 3. The van der Waals surface area contributed by atoms with Crippen molar-refractivity contribution in [3.8, 4) is 5.75 Å². The van der Waals surface area contributed by atoms with Crippen molar-refractivity contribution in [3.63, 3.8) is 0 Å². The van der Waals surface area contributed by atoms with Gasteiger partial charge in [-0.15, -0.1) is 11.8 Å². The highest BCUT2D eigenvalue weighted by atomic mass is 32.2. The lowest BCUT2D eigenvalue weighted by Crippen LogP contribution is -2.52. The molecule has 6 heteroatoms. The molecule has 1 fully saturated rings. The minimum atomic E-state index is -0.0359. The lowest BCUT2D eigenvalue weighted by atomic mass is 10.1. The maximum atomic E-state index is 12.9. The third-order valence-electron chi connectivity index (χ3n) is 5.14. The van der Waals surface area contributed by atoms with Gasteiger partial charge < -0.3 is 14.5 Å². The van der Waals surface area contributed by atoms with E-state index < -0.39 is 0 Å². The Morgan fingerprint density at radius 2 is 1.63 bits per heavy atom. The molecule has 0 N–H and O–H groups in total. The van der Waals surface area contributed by atoms with Gasteiger partial charge in [-0.3, -0.25) is 9.59 Å². The molecule has 2 aliphatic heterocycles. The smallest absolute Gasteiger partial charge is 0.253 e. The van der Waals surface area contributed by atoms with Crippen LogP contribution in [-0.2, 0) is 11.2 Å². The largest absolute Gasteiger partial charge is 0.497 e. The topological polar surface area (TPSA) is 49.9 Å². The lowest BCUT2D eigenvalue weighted by molar-refractivity contribution is -0.132. The highest BCUT2D eigenvalue weighted by Crippen LogP contribution is 2.37. The Morgan fingerprint density at radius 1 is 0.963 bits per heavy atom. The van der Waals surface area contributed by atoms with Crippen molar-refractivity contribution in [2.75, 3.05) is 33.3 Å². The van der Waals surface area contributed by atoms with Crippen molar-refractivity contribution in [3.05, 3.63) is 59.7 Å². The number of carbonyl (C=O) groups is 2. The van der Waals surface area contributed by atoms with Gasteiger partial charge in [0, 0.05) is 36.6 Å². The summed E-state index contributed by atoms with van der Waals surface area (Å²) in [4.78, 5) is 30.5. The summed E-state index contributed by atoms with van der Waals surface area (Å²) in [6.07, 6.45) is 0.796. The van der Waals surface area contributed by atoms with E-state index in [-0.39, 0.29) is 17.1 Å². The van der Waals surface area contributed by atoms with Crippen LogP contribution in [0.1, 0.15) is 15.9 Å². The van der Waals surface area contributed by atoms with Crippen LogP contribution in [0.15, 0.2) is 53.4 Å². The highest BCUT2D eigenvalue weighted by Gasteiger charge is 2.33. The van der Waals surface area contributed by atoms with Crippen LogP contribution in [0.4, 0.5) is 0 Å². The van der Waals surface area contributed by atoms with Gasteiger partial charge in [-0.2, -0.15) is 0 Å². The Kier molecular flexibility index (Phi) is 5.07. The van der Waals surface area contributed by atoms with Crippen molar-refractivity contribution in [1.29, 1.82) is 0 Å². The van der Waals surface area contributed by atoms with Crippen molar-refractivity contribution in [2.45, 2.75) is 16.6 Å². The van der Waals surface area contributed by atoms with Crippen LogP contribution in [0.25, 0.3) is 0 Å². The monoisotopic (exact) mass is 382 g/mol. The quantitative estimate of drug-likeness (QED) is 0.819. The zero-order chi connectivity index (χ0) is 18.8. The molecule has 0 unspecified atom stereocenters. The fourth-order valence-corrected chi connectivity index (χ4v) is 4.85. The van der Waals surface area contributed by atoms with Crippen LogP contribution < -0.4 is 4.74 Å². The lowest BCUT2D eigenvalue weighted by Gasteiger charge is -2.35. The van der Waals surface area contributed by atoms with Crippen molar-refractivity contribution in [2.24, 2.45) is 0 Å². The number of hydrogen-bond acceptors (Lipinski definition) is 4. The number of ether oxygens (including phenoxy) is 1. The molecule has 0 spiro atoms. The third-order valence-corrected chi connectivity index (χ3v) is 6.44. The molecule has 2 heterocycles. The molecule has 0 aliphatic carbocycles. The van der Waals surface area contributed by atoms with Crippen LogP contribution in [-0.4, -0.2) is 60.2 Å². The second-order valence-corrected chi connectivity index (χ2v) is 8.01. The first kappa shape index (κ1) is 17.9. The van der Waals surface area contributed by atoms with E-state index >= 15 is 0 Å². The van der Waals surface area contributed by atoms with Crippen LogP contribution in [0.5, 0.6) is 5.75 Å². The molecular weight excluding hydrogens is 360 g/mol. The molecule has 0 saturated carbocycles. The van der Waals surface area contributed by atoms with E-state index in [0.29, 0.717) is 31.7 Å². The second kappa shape index (κ2) is 7.64. The van der Waals surface area contributed by atoms with Gasteiger partial charge in [-0.05, 0) is 42.3 Å². The Morgan fingerprint density at radius 3 is 2.30 bits per heavy atom. The maximum Gasteiger partial charge on any atom is 0.253 e. The summed E-state index contributed by atoms with van der Waals surface area (Å²) in [5, 5.41) is -0.0359. The minimum Gasteiger partial charge on any atom is -0.497 e. The highest BCUT2D eigenvalue weighted by molar-refractivity contribution is 8.01. The number of piperazine rings is 1. The first-order valence-corrected chi connectivity index (χ1v) is 10.0. The summed E-state index contributed by atoms with van der Waals surface area (Å²) in [6, 6.07) is 15.4. The van der Waals surface area contributed by atoms with Gasteiger partial charge in [-0.25, -0.2) is 0 Å². The maximum absolute atomic E-state index is 12.9. The van der Waals surface area contributed by atoms with Gasteiger partial charge in [-0.1, -0.05) is 18.2 Å². The summed E-state index contributed by atoms with van der Waals surface area (Å²) < 4.78 is 5.14. The Bertz CT molecular complexity index is 820. The van der Waals surface area contributed by atoms with Gasteiger partial charge in [0.25, 0.3) is 5.91 Å². The van der Waals surface area contributed by atoms with Crippen molar-refractivity contribution in [1.82, 2.24) is 9.80 Å². The average Bonchev–Trinajstić information content (AvgIpc) is 3.17. The molecule has 2 amide bonds. The number of amides is 2. The molecule has 0 bridgehead atoms. The van der Waals surface area contributed by atoms with Gasteiger partial charge in [0.15, 0.2) is 0 Å². The number of carbonyl (C=O) groups excluding carboxylic acids is 2. The standard InChI is InChI=1S/C21H22N2O3S/c1-26-17-8-6-15(7-9-17)20(24)22-10-12-23(13-11-22)21(25)19-14-16-4-2-3-5-18(16)27-19/h2-9,19H,10-14H2,1H3/t19-/m1/s1. The van der Waals surface area contributed by atoms with Crippen molar-refractivity contribution < 1.29 is 14.3 Å². The van der Waals surface area contributed by atoms with Crippen LogP contribution in [0.2, 0.25) is 0 Å². The molecule has 4 rings (SSSR count). The zero-order valence-electron chi connectivity index (χ0n) is 15.3. The second-order valence-electron chi connectivity index (χ2n) is 6.76. The van der Waals surface area contributed by atoms with E-state index in [0.717, 1.165) is 12.2 Å². The molecular formula is C21H22N2O3S. The Labute approximate surface area is 163 Å². The molecule has 5 nitrogen and oxygen atoms in total. The minimum absolute atomic E-state index is 0.00685. The molecule has 0 radical (unpaired) electrons. The normalized spacial score (nSPS) is 18.9. The van der Waals surface area contributed by atoms with Crippen LogP contribution in [0.3, 0.4) is 0 Å². The summed E-state index contributed by atoms with van der Waals surface area (Å²) in [5.41, 5.74) is 1.91. The van der Waals surface area contributed by atoms with Crippen molar-refractivity contribution >= 4 is 23.6 Å². The molecule has 27 heavy (non-hydrogen) atoms. The van der Waals surface area contributed by atoms with Gasteiger partial charge in [0.1, 0.15) is 5.75 Å². The van der Waals surface area contributed by atoms with E-state index in [1.807, 2.05) is 21.9 Å². The first-order chi connectivity index (χ1) is 13.2. The fourth-order valence-electron chi connectivity index (χ4n) is 3.57. The number of benzene rings is 2. The third kappa shape index (κ3) is 3.67. The molecule has 2 aromatic carbocycles. The first-order valence-electron chi connectivity index (χ1n) is 9.12. The van der Waals surface area contributed by atoms with E-state index in [9.17, 15) is 9.59 Å². The summed E-state index contributed by atoms with van der Waals surface area (Å²) >= 11 is 1.66. The Balaban J connectivity index is 1.33. The number of nitrogens with zero attached hydrogens (tertiary/aromatic N) is 2. The summed E-state index contributed by atoms with van der Waals surface area (Å²) in [6.45, 7) is 2.32. The predicted molar refractivity (Wildman–Crippen MR) is 105 cm³/mol. The van der Waals surface area contributed by atoms with E-state index in [1.54, 1.807) is 43.1 Å². The predicted octanol–water partition coefficient (Wildman–Crippen LogP) is 2.70. The van der Waals surface area contributed by atoms with Gasteiger partial charge >= 0.3 is 0 Å². The molecule has 2 aromatic rings. The SMILES string of the molecule is COc1ccc(C(=O)N2CCN(C(=O)[C@H]3Cc4ccccc4S3)CC2)cc1. The van der Waals surface area contributed by atoms with E-state index in [1.165, 1.54) is 10.5 Å². The summed E-state index contributed by atoms with van der Waals surface area (Å²) in [5.74, 6) is 0.928. The zero-order valence-corrected chi connectivity index (χ0v) is 16.1. The fraction of sp³-hybridized carbons (Fsp3) is 0.333. The van der Waals surface area contributed by atoms with Crippen LogP contribution in [0, 0.1) is 0 Å². The number of hydrogen-bond donors (Lipinski definition) is 0. The molecule has 1 atom stereocenters. The molecule has 1 saturated heterocycles. The number of methoxy groups -OCH3 is 1. The Hall–Kier alpha value is -2.47. The molecule has 140 valence electrons. The van der Waals surface area contributed by atoms with Gasteiger partial charge in [0.05, 0.1) is 12.4 Å². The number of thioether (sulfide) groups is 1. The molecule has 0 aromatic heterocycles.